The molecule has 5 nitrogen and oxygen atoms in total. The maximum absolute atomic E-state index is 12.9. The molecule has 4 aromatic rings. The van der Waals surface area contributed by atoms with Crippen LogP contribution >= 0.6 is 11.6 Å². The van der Waals surface area contributed by atoms with E-state index >= 15 is 0 Å². The molecule has 6 heteroatoms. The Kier molecular flexibility index (Phi) is 5.38. The van der Waals surface area contributed by atoms with E-state index in [1.54, 1.807) is 16.8 Å². The van der Waals surface area contributed by atoms with Crippen LogP contribution in [0.15, 0.2) is 66.7 Å². The van der Waals surface area contributed by atoms with Gasteiger partial charge in [0.2, 0.25) is 5.82 Å². The second-order valence-electron chi connectivity index (χ2n) is 7.22. The normalized spacial score (nSPS) is 10.8. The number of aryl methyl sites for hydroxylation is 3. The summed E-state index contributed by atoms with van der Waals surface area (Å²) in [5.74, 6) is 0.313. The smallest absolute Gasteiger partial charge is 0.295 e. The fourth-order valence-corrected chi connectivity index (χ4v) is 3.30. The van der Waals surface area contributed by atoms with Crippen molar-refractivity contribution in [2.75, 3.05) is 5.32 Å². The van der Waals surface area contributed by atoms with E-state index in [1.807, 2.05) is 75.4 Å². The SMILES string of the molecule is Cc1ccc(NC(=O)c2nc(-c3ccc(Cl)cc3)n(-c3ccccc3C)n2)cc1C. The number of aromatic nitrogens is 3. The third-order valence-electron chi connectivity index (χ3n) is 5.02. The predicted molar refractivity (Wildman–Crippen MR) is 120 cm³/mol. The Morgan fingerprint density at radius 3 is 2.33 bits per heavy atom. The number of amides is 1. The van der Waals surface area contributed by atoms with Crippen LogP contribution in [-0.4, -0.2) is 20.7 Å². The molecule has 1 aromatic heterocycles. The average Bonchev–Trinajstić information content (AvgIpc) is 3.17. The molecule has 0 unspecified atom stereocenters. The van der Waals surface area contributed by atoms with Crippen LogP contribution in [0.2, 0.25) is 5.02 Å². The molecule has 0 aliphatic rings. The van der Waals surface area contributed by atoms with Gasteiger partial charge in [-0.15, -0.1) is 5.10 Å². The van der Waals surface area contributed by atoms with Gasteiger partial charge in [0.15, 0.2) is 5.82 Å². The van der Waals surface area contributed by atoms with Gasteiger partial charge in [0.1, 0.15) is 0 Å². The van der Waals surface area contributed by atoms with Gasteiger partial charge in [-0.05, 0) is 79.9 Å². The second-order valence-corrected chi connectivity index (χ2v) is 7.65. The minimum Gasteiger partial charge on any atom is -0.319 e. The third-order valence-corrected chi connectivity index (χ3v) is 5.27. The van der Waals surface area contributed by atoms with Crippen LogP contribution < -0.4 is 5.32 Å². The number of carbonyl (C=O) groups is 1. The highest BCUT2D eigenvalue weighted by atomic mass is 35.5. The lowest BCUT2D eigenvalue weighted by molar-refractivity contribution is 0.101. The maximum atomic E-state index is 12.9. The van der Waals surface area contributed by atoms with Gasteiger partial charge in [-0.25, -0.2) is 9.67 Å². The highest BCUT2D eigenvalue weighted by molar-refractivity contribution is 6.30. The first-order valence-electron chi connectivity index (χ1n) is 9.60. The number of para-hydroxylation sites is 1. The largest absolute Gasteiger partial charge is 0.319 e. The quantitative estimate of drug-likeness (QED) is 0.459. The molecule has 4 rings (SSSR count). The molecular weight excluding hydrogens is 396 g/mol. The second kappa shape index (κ2) is 8.13. The van der Waals surface area contributed by atoms with Gasteiger partial charge in [0, 0.05) is 16.3 Å². The predicted octanol–water partition coefficient (Wildman–Crippen LogP) is 5.77. The molecule has 150 valence electrons. The summed E-state index contributed by atoms with van der Waals surface area (Å²) in [7, 11) is 0. The summed E-state index contributed by atoms with van der Waals surface area (Å²) >= 11 is 6.04. The Morgan fingerprint density at radius 2 is 1.63 bits per heavy atom. The van der Waals surface area contributed by atoms with Crippen LogP contribution in [-0.2, 0) is 0 Å². The molecule has 1 N–H and O–H groups in total. The summed E-state index contributed by atoms with van der Waals surface area (Å²) < 4.78 is 1.70. The van der Waals surface area contributed by atoms with Gasteiger partial charge in [-0.2, -0.15) is 0 Å². The van der Waals surface area contributed by atoms with E-state index in [1.165, 1.54) is 5.56 Å². The number of benzene rings is 3. The molecule has 0 aliphatic carbocycles. The number of halogens is 1. The number of anilines is 1. The van der Waals surface area contributed by atoms with Gasteiger partial charge in [-0.1, -0.05) is 35.9 Å². The first kappa shape index (κ1) is 19.9. The van der Waals surface area contributed by atoms with Gasteiger partial charge in [-0.3, -0.25) is 4.79 Å². The molecule has 0 saturated heterocycles. The van der Waals surface area contributed by atoms with Gasteiger partial charge in [0.25, 0.3) is 5.91 Å². The average molecular weight is 417 g/mol. The van der Waals surface area contributed by atoms with E-state index in [4.69, 9.17) is 11.6 Å². The first-order valence-corrected chi connectivity index (χ1v) is 9.98. The van der Waals surface area contributed by atoms with Crippen LogP contribution in [0.5, 0.6) is 0 Å². The summed E-state index contributed by atoms with van der Waals surface area (Å²) in [5, 5.41) is 8.06. The van der Waals surface area contributed by atoms with Crippen molar-refractivity contribution in [3.8, 4) is 17.1 Å². The Balaban J connectivity index is 1.76. The van der Waals surface area contributed by atoms with Gasteiger partial charge < -0.3 is 5.32 Å². The van der Waals surface area contributed by atoms with E-state index in [-0.39, 0.29) is 11.7 Å². The van der Waals surface area contributed by atoms with Crippen LogP contribution in [0.4, 0.5) is 5.69 Å². The fourth-order valence-electron chi connectivity index (χ4n) is 3.17. The number of nitrogens with zero attached hydrogens (tertiary/aromatic N) is 3. The van der Waals surface area contributed by atoms with E-state index in [2.05, 4.69) is 15.4 Å². The molecule has 0 spiro atoms. The zero-order valence-electron chi connectivity index (χ0n) is 17.0. The summed E-state index contributed by atoms with van der Waals surface area (Å²) in [6, 6.07) is 21.0. The fraction of sp³-hybridized carbons (Fsp3) is 0.125. The van der Waals surface area contributed by atoms with Gasteiger partial charge in [0.05, 0.1) is 5.69 Å². The topological polar surface area (TPSA) is 59.8 Å². The Morgan fingerprint density at radius 1 is 0.900 bits per heavy atom. The van der Waals surface area contributed by atoms with Crippen LogP contribution in [0.25, 0.3) is 17.1 Å². The van der Waals surface area contributed by atoms with Crippen molar-refractivity contribution in [3.05, 3.63) is 94.3 Å². The molecule has 1 amide bonds. The minimum atomic E-state index is -0.360. The molecule has 30 heavy (non-hydrogen) atoms. The van der Waals surface area contributed by atoms with E-state index in [0.29, 0.717) is 16.5 Å². The van der Waals surface area contributed by atoms with Gasteiger partial charge >= 0.3 is 0 Å². The van der Waals surface area contributed by atoms with Crippen molar-refractivity contribution in [3.63, 3.8) is 0 Å². The zero-order valence-corrected chi connectivity index (χ0v) is 17.7. The standard InChI is InChI=1S/C24H21ClN4O/c1-15-8-13-20(14-17(15)3)26-24(30)22-27-23(18-9-11-19(25)12-10-18)29(28-22)21-7-5-4-6-16(21)2/h4-14H,1-3H3,(H,26,30). The number of nitrogens with one attached hydrogen (secondary N) is 1. The monoisotopic (exact) mass is 416 g/mol. The van der Waals surface area contributed by atoms with Crippen molar-refractivity contribution in [1.82, 2.24) is 14.8 Å². The molecule has 0 saturated carbocycles. The third kappa shape index (κ3) is 3.98. The van der Waals surface area contributed by atoms with Crippen molar-refractivity contribution in [2.24, 2.45) is 0 Å². The number of rotatable bonds is 4. The molecule has 0 bridgehead atoms. The van der Waals surface area contributed by atoms with E-state index < -0.39 is 0 Å². The number of hydrogen-bond acceptors (Lipinski definition) is 3. The lowest BCUT2D eigenvalue weighted by Gasteiger charge is -2.08. The van der Waals surface area contributed by atoms with Crippen molar-refractivity contribution >= 4 is 23.2 Å². The lowest BCUT2D eigenvalue weighted by atomic mass is 10.1. The molecule has 1 heterocycles. The molecule has 0 radical (unpaired) electrons. The highest BCUT2D eigenvalue weighted by Gasteiger charge is 2.20. The Hall–Kier alpha value is -3.44. The van der Waals surface area contributed by atoms with E-state index in [0.717, 1.165) is 22.4 Å². The zero-order chi connectivity index (χ0) is 21.3. The lowest BCUT2D eigenvalue weighted by Crippen LogP contribution is -2.14. The summed E-state index contributed by atoms with van der Waals surface area (Å²) in [4.78, 5) is 17.5. The minimum absolute atomic E-state index is 0.0985. The Bertz CT molecular complexity index is 1230. The summed E-state index contributed by atoms with van der Waals surface area (Å²) in [6.07, 6.45) is 0. The molecule has 0 aliphatic heterocycles. The summed E-state index contributed by atoms with van der Waals surface area (Å²) in [5.41, 5.74) is 5.69. The number of carbonyl (C=O) groups excluding carboxylic acids is 1. The van der Waals surface area contributed by atoms with Crippen molar-refractivity contribution in [2.45, 2.75) is 20.8 Å². The van der Waals surface area contributed by atoms with Crippen LogP contribution in [0.1, 0.15) is 27.3 Å². The van der Waals surface area contributed by atoms with Crippen LogP contribution in [0.3, 0.4) is 0 Å². The highest BCUT2D eigenvalue weighted by Crippen LogP contribution is 2.25. The molecule has 3 aromatic carbocycles. The molecular formula is C24H21ClN4O. The number of hydrogen-bond donors (Lipinski definition) is 1. The van der Waals surface area contributed by atoms with E-state index in [9.17, 15) is 4.79 Å². The van der Waals surface area contributed by atoms with Crippen LogP contribution in [0, 0.1) is 20.8 Å². The summed E-state index contributed by atoms with van der Waals surface area (Å²) in [6.45, 7) is 6.04. The molecule has 0 atom stereocenters. The Labute approximate surface area is 180 Å². The van der Waals surface area contributed by atoms with Crippen molar-refractivity contribution in [1.29, 1.82) is 0 Å². The van der Waals surface area contributed by atoms with Crippen molar-refractivity contribution < 1.29 is 4.79 Å². The molecule has 0 fully saturated rings. The first-order chi connectivity index (χ1) is 14.4. The maximum Gasteiger partial charge on any atom is 0.295 e.